The Morgan fingerprint density at radius 3 is 2.22 bits per heavy atom. The minimum atomic E-state index is -0.548. The number of rotatable bonds is 7. The van der Waals surface area contributed by atoms with Crippen molar-refractivity contribution >= 4 is 17.9 Å². The number of carbonyl (C=O) groups excluding carboxylic acids is 1. The highest BCUT2D eigenvalue weighted by Crippen LogP contribution is 2.21. The van der Waals surface area contributed by atoms with Gasteiger partial charge in [0.05, 0.1) is 0 Å². The molecule has 4 rings (SSSR count). The second-order valence-corrected chi connectivity index (χ2v) is 7.35. The van der Waals surface area contributed by atoms with Crippen molar-refractivity contribution in [2.75, 3.05) is 13.2 Å². The number of esters is 1. The van der Waals surface area contributed by atoms with E-state index in [9.17, 15) is 9.18 Å². The fraction of sp³-hybridized carbons (Fsp3) is 0.154. The van der Waals surface area contributed by atoms with E-state index in [4.69, 9.17) is 14.2 Å². The zero-order valence-corrected chi connectivity index (χ0v) is 17.8. The Kier molecular flexibility index (Phi) is 6.31. The Balaban J connectivity index is 1.33. The van der Waals surface area contributed by atoms with E-state index < -0.39 is 5.97 Å². The van der Waals surface area contributed by atoms with Crippen molar-refractivity contribution < 1.29 is 23.4 Å². The van der Waals surface area contributed by atoms with Crippen molar-refractivity contribution in [2.24, 2.45) is 4.99 Å². The zero-order valence-electron chi connectivity index (χ0n) is 17.8. The summed E-state index contributed by atoms with van der Waals surface area (Å²) in [5.74, 6) is 0.759. The summed E-state index contributed by atoms with van der Waals surface area (Å²) in [7, 11) is 0. The van der Waals surface area contributed by atoms with E-state index in [-0.39, 0.29) is 17.4 Å². The van der Waals surface area contributed by atoms with Crippen LogP contribution in [-0.2, 0) is 9.53 Å². The van der Waals surface area contributed by atoms with Gasteiger partial charge in [0, 0.05) is 5.56 Å². The van der Waals surface area contributed by atoms with Gasteiger partial charge in [-0.3, -0.25) is 0 Å². The average Bonchev–Trinajstić information content (AvgIpc) is 3.15. The van der Waals surface area contributed by atoms with Crippen molar-refractivity contribution in [3.8, 4) is 11.5 Å². The summed E-state index contributed by atoms with van der Waals surface area (Å²) in [5.41, 5.74) is 3.91. The van der Waals surface area contributed by atoms with Crippen molar-refractivity contribution in [1.82, 2.24) is 0 Å². The van der Waals surface area contributed by atoms with Crippen LogP contribution in [0.3, 0.4) is 0 Å². The third-order valence-electron chi connectivity index (χ3n) is 4.99. The van der Waals surface area contributed by atoms with Gasteiger partial charge in [-0.2, -0.15) is 0 Å². The van der Waals surface area contributed by atoms with Crippen molar-refractivity contribution in [3.63, 3.8) is 0 Å². The molecule has 3 aromatic carbocycles. The monoisotopic (exact) mass is 431 g/mol. The summed E-state index contributed by atoms with van der Waals surface area (Å²) in [6, 6.07) is 18.9. The Bertz CT molecular complexity index is 1180. The first kappa shape index (κ1) is 21.3. The molecule has 6 heteroatoms. The van der Waals surface area contributed by atoms with Crippen LogP contribution in [0.5, 0.6) is 11.5 Å². The first-order chi connectivity index (χ1) is 15.5. The molecule has 162 valence electrons. The van der Waals surface area contributed by atoms with Gasteiger partial charge in [0.2, 0.25) is 5.90 Å². The lowest BCUT2D eigenvalue weighted by atomic mass is 10.1. The van der Waals surface area contributed by atoms with Gasteiger partial charge < -0.3 is 14.2 Å². The van der Waals surface area contributed by atoms with Crippen LogP contribution in [0.2, 0.25) is 0 Å². The van der Waals surface area contributed by atoms with E-state index in [2.05, 4.69) is 18.8 Å². The molecule has 0 bridgehead atoms. The fourth-order valence-corrected chi connectivity index (χ4v) is 3.07. The van der Waals surface area contributed by atoms with Gasteiger partial charge in [0.15, 0.2) is 5.70 Å². The summed E-state index contributed by atoms with van der Waals surface area (Å²) in [6.45, 7) is 4.95. The maximum Gasteiger partial charge on any atom is 0.363 e. The minimum absolute atomic E-state index is 0.157. The van der Waals surface area contributed by atoms with E-state index in [0.29, 0.717) is 24.5 Å². The van der Waals surface area contributed by atoms with E-state index in [1.807, 2.05) is 42.5 Å². The Morgan fingerprint density at radius 2 is 1.53 bits per heavy atom. The normalized spacial score (nSPS) is 14.3. The predicted molar refractivity (Wildman–Crippen MR) is 120 cm³/mol. The second-order valence-electron chi connectivity index (χ2n) is 7.35. The number of nitrogens with zero attached hydrogens (tertiary/aromatic N) is 1. The molecular formula is C26H22FNO4. The van der Waals surface area contributed by atoms with Gasteiger partial charge in [0.25, 0.3) is 0 Å². The number of ether oxygens (including phenoxy) is 3. The Hall–Kier alpha value is -3.93. The summed E-state index contributed by atoms with van der Waals surface area (Å²) >= 11 is 0. The van der Waals surface area contributed by atoms with Crippen LogP contribution in [0.4, 0.5) is 4.39 Å². The Morgan fingerprint density at radius 1 is 0.875 bits per heavy atom. The summed E-state index contributed by atoms with van der Waals surface area (Å²) in [6.07, 6.45) is 1.63. The maximum atomic E-state index is 13.1. The lowest BCUT2D eigenvalue weighted by Gasteiger charge is -2.10. The Labute approximate surface area is 185 Å². The zero-order chi connectivity index (χ0) is 22.5. The molecule has 0 unspecified atom stereocenters. The third kappa shape index (κ3) is 5.21. The molecule has 0 aromatic heterocycles. The minimum Gasteiger partial charge on any atom is -0.490 e. The molecule has 32 heavy (non-hydrogen) atoms. The molecule has 0 fully saturated rings. The van der Waals surface area contributed by atoms with E-state index in [0.717, 1.165) is 11.3 Å². The highest BCUT2D eigenvalue weighted by atomic mass is 19.1. The van der Waals surface area contributed by atoms with E-state index >= 15 is 0 Å². The smallest absolute Gasteiger partial charge is 0.363 e. The van der Waals surface area contributed by atoms with Crippen LogP contribution in [-0.4, -0.2) is 25.1 Å². The molecule has 0 spiro atoms. The SMILES string of the molecule is Cc1ccc(OCCOc2ccc(/C=C3/N=C(c4ccc(F)cc4)OC3=O)cc2)cc1C. The van der Waals surface area contributed by atoms with E-state index in [1.165, 1.54) is 35.4 Å². The summed E-state index contributed by atoms with van der Waals surface area (Å²) in [4.78, 5) is 16.3. The van der Waals surface area contributed by atoms with E-state index in [1.54, 1.807) is 6.08 Å². The van der Waals surface area contributed by atoms with Crippen molar-refractivity contribution in [3.05, 3.63) is 100 Å². The molecule has 0 radical (unpaired) electrons. The average molecular weight is 431 g/mol. The van der Waals surface area contributed by atoms with Crippen LogP contribution < -0.4 is 9.47 Å². The summed E-state index contributed by atoms with van der Waals surface area (Å²) < 4.78 is 29.7. The molecule has 5 nitrogen and oxygen atoms in total. The molecule has 1 aliphatic rings. The molecule has 0 amide bonds. The molecule has 0 aliphatic carbocycles. The third-order valence-corrected chi connectivity index (χ3v) is 4.99. The van der Waals surface area contributed by atoms with Crippen molar-refractivity contribution in [2.45, 2.75) is 13.8 Å². The fourth-order valence-electron chi connectivity index (χ4n) is 3.07. The van der Waals surface area contributed by atoms with Gasteiger partial charge >= 0.3 is 5.97 Å². The van der Waals surface area contributed by atoms with Crippen LogP contribution in [0.15, 0.2) is 77.4 Å². The number of aliphatic imine (C=N–C) groups is 1. The molecule has 0 saturated heterocycles. The van der Waals surface area contributed by atoms with Crippen LogP contribution in [0.25, 0.3) is 6.08 Å². The first-order valence-corrected chi connectivity index (χ1v) is 10.2. The van der Waals surface area contributed by atoms with Gasteiger partial charge in [-0.1, -0.05) is 18.2 Å². The molecule has 0 saturated carbocycles. The van der Waals surface area contributed by atoms with Crippen LogP contribution >= 0.6 is 0 Å². The maximum absolute atomic E-state index is 13.1. The number of carbonyl (C=O) groups is 1. The first-order valence-electron chi connectivity index (χ1n) is 10.2. The number of halogens is 1. The topological polar surface area (TPSA) is 57.1 Å². The second kappa shape index (κ2) is 9.47. The molecule has 1 heterocycles. The molecule has 0 atom stereocenters. The van der Waals surface area contributed by atoms with Gasteiger partial charge in [-0.25, -0.2) is 14.2 Å². The largest absolute Gasteiger partial charge is 0.490 e. The number of cyclic esters (lactones) is 1. The number of hydrogen-bond acceptors (Lipinski definition) is 5. The molecule has 3 aromatic rings. The van der Waals surface area contributed by atoms with Gasteiger partial charge in [0.1, 0.15) is 30.5 Å². The highest BCUT2D eigenvalue weighted by molar-refractivity contribution is 6.12. The lowest BCUT2D eigenvalue weighted by molar-refractivity contribution is -0.129. The molecule has 1 aliphatic heterocycles. The number of hydrogen-bond donors (Lipinski definition) is 0. The standard InChI is InChI=1S/C26H22FNO4/c1-17-3-10-23(15-18(17)2)31-14-13-30-22-11-4-19(5-12-22)16-24-26(29)32-25(28-24)20-6-8-21(27)9-7-20/h3-12,15-16H,13-14H2,1-2H3/b24-16+. The van der Waals surface area contributed by atoms with Crippen molar-refractivity contribution in [1.29, 1.82) is 0 Å². The van der Waals surface area contributed by atoms with Crippen LogP contribution in [0, 0.1) is 19.7 Å². The predicted octanol–water partition coefficient (Wildman–Crippen LogP) is 5.24. The van der Waals surface area contributed by atoms with Gasteiger partial charge in [-0.15, -0.1) is 0 Å². The highest BCUT2D eigenvalue weighted by Gasteiger charge is 2.24. The lowest BCUT2D eigenvalue weighted by Crippen LogP contribution is -2.09. The number of benzene rings is 3. The molecular weight excluding hydrogens is 409 g/mol. The van der Waals surface area contributed by atoms with Crippen LogP contribution in [0.1, 0.15) is 22.3 Å². The number of aryl methyl sites for hydroxylation is 2. The quantitative estimate of drug-likeness (QED) is 0.291. The molecule has 0 N–H and O–H groups in total. The van der Waals surface area contributed by atoms with Gasteiger partial charge in [-0.05, 0) is 85.1 Å². The summed E-state index contributed by atoms with van der Waals surface area (Å²) in [5, 5.41) is 0.